The Morgan fingerprint density at radius 1 is 1.17 bits per heavy atom. The number of halogens is 3. The maximum atomic E-state index is 13.1. The summed E-state index contributed by atoms with van der Waals surface area (Å²) < 4.78 is 32.5. The number of carboxylic acid groups (broad SMARTS) is 1. The van der Waals surface area contributed by atoms with Crippen molar-refractivity contribution in [2.75, 3.05) is 26.7 Å². The molecule has 13 heteroatoms. The lowest BCUT2D eigenvalue weighted by Crippen LogP contribution is -2.58. The number of likely N-dealkylation sites (N-methyl/N-ethyl adjacent to an activating group) is 1. The van der Waals surface area contributed by atoms with Crippen LogP contribution in [0, 0.1) is 0 Å². The van der Waals surface area contributed by atoms with Crippen LogP contribution in [0.3, 0.4) is 0 Å². The number of aliphatic carboxylic acids is 1. The van der Waals surface area contributed by atoms with Crippen molar-refractivity contribution in [1.29, 1.82) is 0 Å². The van der Waals surface area contributed by atoms with Crippen LogP contribution in [-0.4, -0.2) is 82.6 Å². The Labute approximate surface area is 200 Å². The third-order valence-corrected chi connectivity index (χ3v) is 7.21. The lowest BCUT2D eigenvalue weighted by Gasteiger charge is -2.36. The molecule has 186 valence electrons. The Balaban J connectivity index is 0.000000364. The highest BCUT2D eigenvalue weighted by molar-refractivity contribution is 7.21. The Morgan fingerprint density at radius 3 is 2.43 bits per heavy atom. The number of H-pyrrole nitrogens is 1. The van der Waals surface area contributed by atoms with Gasteiger partial charge in [-0.05, 0) is 18.6 Å². The van der Waals surface area contributed by atoms with Gasteiger partial charge in [0, 0.05) is 42.3 Å². The minimum absolute atomic E-state index is 0.0201. The van der Waals surface area contributed by atoms with E-state index in [1.165, 1.54) is 16.2 Å². The van der Waals surface area contributed by atoms with Crippen molar-refractivity contribution >= 4 is 50.1 Å². The minimum atomic E-state index is -5.08. The van der Waals surface area contributed by atoms with Gasteiger partial charge in [-0.3, -0.25) is 14.4 Å². The van der Waals surface area contributed by atoms with E-state index in [1.54, 1.807) is 13.1 Å². The van der Waals surface area contributed by atoms with Crippen LogP contribution in [0.25, 0.3) is 21.0 Å². The zero-order valence-corrected chi connectivity index (χ0v) is 19.2. The summed E-state index contributed by atoms with van der Waals surface area (Å²) in [7, 11) is 1.68. The molecule has 2 saturated heterocycles. The molecule has 1 unspecified atom stereocenters. The molecule has 2 aliphatic rings. The van der Waals surface area contributed by atoms with Gasteiger partial charge < -0.3 is 25.2 Å². The monoisotopic (exact) mass is 510 g/mol. The quantitative estimate of drug-likeness (QED) is 0.496. The summed E-state index contributed by atoms with van der Waals surface area (Å²) in [5, 5.41) is 11.7. The van der Waals surface area contributed by atoms with E-state index in [0.29, 0.717) is 23.2 Å². The van der Waals surface area contributed by atoms with Gasteiger partial charge in [0.15, 0.2) is 0 Å². The number of benzene rings is 1. The van der Waals surface area contributed by atoms with Crippen molar-refractivity contribution in [3.8, 4) is 0 Å². The molecule has 2 aliphatic heterocycles. The van der Waals surface area contributed by atoms with E-state index < -0.39 is 18.2 Å². The fraction of sp³-hybridized carbons (Fsp3) is 0.364. The maximum absolute atomic E-state index is 13.1. The maximum Gasteiger partial charge on any atom is 0.490 e. The number of para-hydroxylation sites is 1. The van der Waals surface area contributed by atoms with Crippen LogP contribution >= 0.6 is 11.3 Å². The summed E-state index contributed by atoms with van der Waals surface area (Å²) in [5.74, 6) is -2.95. The van der Waals surface area contributed by atoms with Gasteiger partial charge in [-0.25, -0.2) is 4.79 Å². The van der Waals surface area contributed by atoms with E-state index in [1.807, 2.05) is 29.2 Å². The largest absolute Gasteiger partial charge is 0.490 e. The summed E-state index contributed by atoms with van der Waals surface area (Å²) in [6.45, 7) is 2.33. The van der Waals surface area contributed by atoms with Crippen molar-refractivity contribution in [3.05, 3.63) is 45.6 Å². The molecule has 0 spiro atoms. The number of alkyl halides is 3. The van der Waals surface area contributed by atoms with E-state index in [4.69, 9.17) is 9.90 Å². The Bertz CT molecular complexity index is 1360. The molecule has 2 aromatic heterocycles. The van der Waals surface area contributed by atoms with Crippen LogP contribution in [-0.2, 0) is 9.59 Å². The lowest BCUT2D eigenvalue weighted by molar-refractivity contribution is -0.192. The van der Waals surface area contributed by atoms with E-state index in [-0.39, 0.29) is 23.4 Å². The van der Waals surface area contributed by atoms with Crippen molar-refractivity contribution in [1.82, 2.24) is 20.1 Å². The molecule has 0 aliphatic carbocycles. The molecule has 35 heavy (non-hydrogen) atoms. The highest BCUT2D eigenvalue weighted by Crippen LogP contribution is 2.31. The summed E-state index contributed by atoms with van der Waals surface area (Å²) in [6, 6.07) is 9.03. The molecular formula is C22H21F3N4O5S. The predicted octanol–water partition coefficient (Wildman–Crippen LogP) is 2.02. The molecule has 2 amide bonds. The van der Waals surface area contributed by atoms with Crippen LogP contribution in [0.4, 0.5) is 13.2 Å². The number of aromatic amines is 1. The fourth-order valence-corrected chi connectivity index (χ4v) is 5.24. The molecule has 5 rings (SSSR count). The van der Waals surface area contributed by atoms with Crippen LogP contribution in [0.1, 0.15) is 16.1 Å². The number of likely N-dealkylation sites (tertiary alicyclic amines) is 1. The van der Waals surface area contributed by atoms with Crippen LogP contribution in [0.5, 0.6) is 0 Å². The van der Waals surface area contributed by atoms with Gasteiger partial charge in [0.2, 0.25) is 5.91 Å². The molecule has 0 radical (unpaired) electrons. The van der Waals surface area contributed by atoms with E-state index in [0.717, 1.165) is 28.7 Å². The molecule has 0 bridgehead atoms. The fourth-order valence-electron chi connectivity index (χ4n) is 4.06. The Morgan fingerprint density at radius 2 is 1.83 bits per heavy atom. The number of hydrogen-bond acceptors (Lipinski definition) is 6. The number of thiophene rings is 1. The number of nitrogens with zero attached hydrogens (tertiary/aromatic N) is 2. The zero-order valence-electron chi connectivity index (χ0n) is 18.4. The molecule has 3 aromatic rings. The van der Waals surface area contributed by atoms with Crippen molar-refractivity contribution in [2.24, 2.45) is 0 Å². The van der Waals surface area contributed by atoms with Gasteiger partial charge in [0.1, 0.15) is 6.04 Å². The van der Waals surface area contributed by atoms with Crippen molar-refractivity contribution < 1.29 is 32.7 Å². The normalized spacial score (nSPS) is 18.3. The highest BCUT2D eigenvalue weighted by atomic mass is 32.1. The molecule has 2 fully saturated rings. The molecule has 9 nitrogen and oxygen atoms in total. The van der Waals surface area contributed by atoms with E-state index in [2.05, 4.69) is 10.3 Å². The summed E-state index contributed by atoms with van der Waals surface area (Å²) in [6.07, 6.45) is -4.44. The van der Waals surface area contributed by atoms with Gasteiger partial charge in [-0.15, -0.1) is 11.3 Å². The molecule has 1 aromatic carbocycles. The predicted molar refractivity (Wildman–Crippen MR) is 123 cm³/mol. The number of amides is 2. The van der Waals surface area contributed by atoms with Crippen molar-refractivity contribution in [2.45, 2.75) is 24.7 Å². The first-order valence-electron chi connectivity index (χ1n) is 10.6. The van der Waals surface area contributed by atoms with Gasteiger partial charge in [0.25, 0.3) is 11.5 Å². The Kier molecular flexibility index (Phi) is 6.56. The SMILES string of the molecule is CN(C(=O)c1cc2c(=O)[nH]c3ccccc3c2s1)C1CCN(C2CNC2)C1=O.O=C(O)C(F)(F)F. The number of carbonyl (C=O) groups is 3. The number of carboxylic acids is 1. The average molecular weight is 510 g/mol. The minimum Gasteiger partial charge on any atom is -0.475 e. The smallest absolute Gasteiger partial charge is 0.475 e. The second-order valence-electron chi connectivity index (χ2n) is 8.22. The highest BCUT2D eigenvalue weighted by Gasteiger charge is 2.41. The number of carbonyl (C=O) groups excluding carboxylic acids is 2. The van der Waals surface area contributed by atoms with Gasteiger partial charge in [0.05, 0.1) is 16.3 Å². The molecule has 1 atom stereocenters. The topological polar surface area (TPSA) is 123 Å². The molecule has 0 saturated carbocycles. The first kappa shape index (κ1) is 24.7. The third-order valence-electron chi connectivity index (χ3n) is 6.05. The first-order valence-corrected chi connectivity index (χ1v) is 11.4. The van der Waals surface area contributed by atoms with Crippen LogP contribution in [0.2, 0.25) is 0 Å². The van der Waals surface area contributed by atoms with Gasteiger partial charge >= 0.3 is 12.1 Å². The lowest BCUT2D eigenvalue weighted by atomic mass is 10.1. The standard InChI is InChI=1S/C20H20N4O3S.C2HF3O2/c1-23(15-6-7-24(19(15)26)11-9-21-10-11)20(27)16-8-13-17(28-16)12-4-2-3-5-14(12)22-18(13)25;3-2(4,5)1(6)7/h2-5,8,11,15,21H,6-7,9-10H2,1H3,(H,22,25);(H,6,7). The Hall–Kier alpha value is -3.45. The number of fused-ring (bicyclic) bond motifs is 3. The van der Waals surface area contributed by atoms with Crippen LogP contribution < -0.4 is 10.9 Å². The number of nitrogens with one attached hydrogen (secondary N) is 2. The van der Waals surface area contributed by atoms with Crippen LogP contribution in [0.15, 0.2) is 35.1 Å². The number of aromatic nitrogens is 1. The number of pyridine rings is 1. The van der Waals surface area contributed by atoms with Gasteiger partial charge in [-0.1, -0.05) is 18.2 Å². The number of hydrogen-bond donors (Lipinski definition) is 3. The zero-order chi connectivity index (χ0) is 25.5. The summed E-state index contributed by atoms with van der Waals surface area (Å²) in [5.41, 5.74) is 0.553. The summed E-state index contributed by atoms with van der Waals surface area (Å²) in [4.78, 5) is 54.0. The van der Waals surface area contributed by atoms with Gasteiger partial charge in [-0.2, -0.15) is 13.2 Å². The molecule has 3 N–H and O–H groups in total. The number of rotatable bonds is 3. The third kappa shape index (κ3) is 4.73. The second kappa shape index (κ2) is 9.30. The second-order valence-corrected chi connectivity index (χ2v) is 9.27. The first-order chi connectivity index (χ1) is 16.5. The average Bonchev–Trinajstić information content (AvgIpc) is 3.37. The summed E-state index contributed by atoms with van der Waals surface area (Å²) >= 11 is 1.31. The molecule has 4 heterocycles. The molecular weight excluding hydrogens is 489 g/mol. The van der Waals surface area contributed by atoms with E-state index >= 15 is 0 Å². The van der Waals surface area contributed by atoms with E-state index in [9.17, 15) is 27.6 Å². The van der Waals surface area contributed by atoms with Crippen molar-refractivity contribution in [3.63, 3.8) is 0 Å².